The summed E-state index contributed by atoms with van der Waals surface area (Å²) in [6.45, 7) is 8.80. The highest BCUT2D eigenvalue weighted by atomic mass is 19.1. The van der Waals surface area contributed by atoms with Crippen molar-refractivity contribution in [3.05, 3.63) is 138 Å². The average molecular weight is 798 g/mol. The van der Waals surface area contributed by atoms with Crippen LogP contribution in [0.2, 0.25) is 0 Å². The van der Waals surface area contributed by atoms with E-state index >= 15 is 4.79 Å². The van der Waals surface area contributed by atoms with E-state index in [9.17, 15) is 14.0 Å². The number of hydrogen-bond acceptors (Lipinski definition) is 8. The Kier molecular flexibility index (Phi) is 9.19. The van der Waals surface area contributed by atoms with E-state index in [1.165, 1.54) is 11.1 Å². The number of ether oxygens (including phenoxy) is 1. The predicted octanol–water partition coefficient (Wildman–Crippen LogP) is 6.88. The topological polar surface area (TPSA) is 131 Å². The summed E-state index contributed by atoms with van der Waals surface area (Å²) in [5.74, 6) is 0.608. The average Bonchev–Trinajstić information content (AvgIpc) is 3.53. The van der Waals surface area contributed by atoms with Gasteiger partial charge in [-0.3, -0.25) is 19.1 Å². The molecular formula is C46H48FN7O5. The van der Waals surface area contributed by atoms with E-state index < -0.39 is 11.3 Å². The highest BCUT2D eigenvalue weighted by molar-refractivity contribution is 5.99. The van der Waals surface area contributed by atoms with E-state index in [-0.39, 0.29) is 29.7 Å². The molecule has 4 aliphatic rings. The maximum absolute atomic E-state index is 15.1. The van der Waals surface area contributed by atoms with E-state index in [1.54, 1.807) is 35.4 Å². The van der Waals surface area contributed by atoms with Gasteiger partial charge < -0.3 is 19.1 Å². The SMILES string of the molecule is Cc1cc(-n2c(N3CCC(c4ccccc4)CC3)nc3c(c2=O)CCN(C(=O)c2cc4cc(C5CCOCC5)ccc4n2C2(c4noc(=O)[nH]4)CC2C)C3)cc(C)c1F. The highest BCUT2D eigenvalue weighted by Crippen LogP contribution is 2.56. The van der Waals surface area contributed by atoms with Crippen LogP contribution in [0.5, 0.6) is 0 Å². The van der Waals surface area contributed by atoms with Crippen LogP contribution in [-0.4, -0.2) is 67.9 Å². The quantitative estimate of drug-likeness (QED) is 0.185. The van der Waals surface area contributed by atoms with Gasteiger partial charge in [0.05, 0.1) is 17.9 Å². The summed E-state index contributed by atoms with van der Waals surface area (Å²) >= 11 is 0. The van der Waals surface area contributed by atoms with Gasteiger partial charge in [0.25, 0.3) is 11.5 Å². The van der Waals surface area contributed by atoms with E-state index in [0.717, 1.165) is 49.8 Å². The third-order valence-electron chi connectivity index (χ3n) is 13.5. The Morgan fingerprint density at radius 3 is 2.29 bits per heavy atom. The summed E-state index contributed by atoms with van der Waals surface area (Å²) < 4.78 is 29.3. The number of aromatic nitrogens is 5. The molecule has 3 aromatic carbocycles. The lowest BCUT2D eigenvalue weighted by Gasteiger charge is -2.36. The first-order valence-electron chi connectivity index (χ1n) is 20.9. The van der Waals surface area contributed by atoms with Gasteiger partial charge in [-0.2, -0.15) is 0 Å². The molecule has 3 aliphatic heterocycles. The van der Waals surface area contributed by atoms with Crippen LogP contribution in [0.3, 0.4) is 0 Å². The fourth-order valence-corrected chi connectivity index (χ4v) is 10.1. The van der Waals surface area contributed by atoms with E-state index in [0.29, 0.717) is 89.9 Å². The van der Waals surface area contributed by atoms with Crippen molar-refractivity contribution in [3.63, 3.8) is 0 Å². The van der Waals surface area contributed by atoms with Gasteiger partial charge in [0.15, 0.2) is 5.82 Å². The summed E-state index contributed by atoms with van der Waals surface area (Å²) in [4.78, 5) is 54.1. The molecule has 1 saturated carbocycles. The summed E-state index contributed by atoms with van der Waals surface area (Å²) in [7, 11) is 0. The number of amides is 1. The maximum atomic E-state index is 15.1. The second-order valence-corrected chi connectivity index (χ2v) is 17.1. The van der Waals surface area contributed by atoms with Crippen molar-refractivity contribution >= 4 is 22.8 Å². The minimum atomic E-state index is -0.775. The summed E-state index contributed by atoms with van der Waals surface area (Å²) in [5, 5.41) is 5.09. The summed E-state index contributed by atoms with van der Waals surface area (Å²) in [6, 6.07) is 22.3. The zero-order valence-electron chi connectivity index (χ0n) is 33.7. The molecule has 3 aromatic heterocycles. The Morgan fingerprint density at radius 2 is 1.61 bits per heavy atom. The molecule has 10 rings (SSSR count). The summed E-state index contributed by atoms with van der Waals surface area (Å²) in [5.41, 5.74) is 5.54. The maximum Gasteiger partial charge on any atom is 0.438 e. The van der Waals surface area contributed by atoms with Gasteiger partial charge in [0.1, 0.15) is 17.1 Å². The molecule has 0 radical (unpaired) electrons. The number of benzene rings is 3. The number of carbonyl (C=O) groups is 1. The third-order valence-corrected chi connectivity index (χ3v) is 13.5. The Balaban J connectivity index is 1.04. The van der Waals surface area contributed by atoms with E-state index in [2.05, 4.69) is 69.0 Å². The molecule has 0 spiro atoms. The zero-order chi connectivity index (χ0) is 40.6. The number of piperidine rings is 1. The van der Waals surface area contributed by atoms with Crippen molar-refractivity contribution in [1.29, 1.82) is 0 Å². The molecule has 1 amide bonds. The summed E-state index contributed by atoms with van der Waals surface area (Å²) in [6.07, 6.45) is 4.64. The fraction of sp³-hybridized carbons (Fsp3) is 0.413. The number of halogens is 1. The first kappa shape index (κ1) is 37.5. The number of aryl methyl sites for hydroxylation is 2. The van der Waals surface area contributed by atoms with Crippen LogP contribution in [0.4, 0.5) is 10.3 Å². The Hall–Kier alpha value is -5.82. The standard InChI is InChI=1S/C46H48FN7O5/c1-27-21-35(22-28(2)40(27)47)53-41(55)36-13-18-52(26-37(36)48-44(53)51-16-11-31(12-17-51)30-7-5-4-6-8-30)42(56)39-24-34-23-33(32-14-19-58-20-15-32)9-10-38(34)54(39)46(25-29(46)3)43-49-45(57)59-50-43/h4-10,21-24,29,31-32H,11-20,25-26H2,1-3H3,(H,49,50,57). The van der Waals surface area contributed by atoms with Crippen LogP contribution in [0, 0.1) is 25.6 Å². The molecule has 59 heavy (non-hydrogen) atoms. The van der Waals surface area contributed by atoms with Crippen LogP contribution < -0.4 is 16.2 Å². The van der Waals surface area contributed by atoms with Crippen LogP contribution in [0.25, 0.3) is 16.6 Å². The van der Waals surface area contributed by atoms with Gasteiger partial charge in [-0.25, -0.2) is 18.7 Å². The van der Waals surface area contributed by atoms with Crippen molar-refractivity contribution in [1.82, 2.24) is 29.2 Å². The number of nitrogens with one attached hydrogen (secondary N) is 1. The highest BCUT2D eigenvalue weighted by Gasteiger charge is 2.59. The molecule has 0 bridgehead atoms. The van der Waals surface area contributed by atoms with Crippen LogP contribution in [0.15, 0.2) is 80.8 Å². The molecule has 304 valence electrons. The van der Waals surface area contributed by atoms with Gasteiger partial charge in [0.2, 0.25) is 5.95 Å². The monoisotopic (exact) mass is 797 g/mol. The number of nitrogens with zero attached hydrogens (tertiary/aromatic N) is 6. The number of H-pyrrole nitrogens is 1. The molecule has 6 aromatic rings. The van der Waals surface area contributed by atoms with Crippen molar-refractivity contribution in [2.24, 2.45) is 5.92 Å². The first-order valence-corrected chi connectivity index (χ1v) is 20.9. The van der Waals surface area contributed by atoms with Crippen molar-refractivity contribution < 1.29 is 18.4 Å². The lowest BCUT2D eigenvalue weighted by atomic mass is 9.89. The van der Waals surface area contributed by atoms with Crippen molar-refractivity contribution in [3.8, 4) is 5.69 Å². The van der Waals surface area contributed by atoms with Gasteiger partial charge in [0, 0.05) is 49.3 Å². The molecule has 1 aliphatic carbocycles. The van der Waals surface area contributed by atoms with Crippen LogP contribution in [-0.2, 0) is 23.2 Å². The number of aromatic amines is 1. The fourth-order valence-electron chi connectivity index (χ4n) is 10.1. The largest absolute Gasteiger partial charge is 0.438 e. The normalized spacial score (nSPS) is 21.3. The number of carbonyl (C=O) groups excluding carboxylic acids is 1. The molecule has 2 saturated heterocycles. The number of anilines is 1. The molecule has 3 fully saturated rings. The Bertz CT molecular complexity index is 2700. The molecule has 6 heterocycles. The minimum Gasteiger partial charge on any atom is -0.381 e. The van der Waals surface area contributed by atoms with Crippen LogP contribution >= 0.6 is 0 Å². The van der Waals surface area contributed by atoms with Gasteiger partial charge in [-0.05, 0) is 123 Å². The van der Waals surface area contributed by atoms with Gasteiger partial charge in [-0.1, -0.05) is 48.5 Å². The number of fused-ring (bicyclic) bond motifs is 2. The third kappa shape index (κ3) is 6.32. The zero-order valence-corrected chi connectivity index (χ0v) is 33.7. The van der Waals surface area contributed by atoms with E-state index in [1.807, 2.05) is 12.1 Å². The second-order valence-electron chi connectivity index (χ2n) is 17.1. The lowest BCUT2D eigenvalue weighted by Crippen LogP contribution is -2.44. The molecular weight excluding hydrogens is 750 g/mol. The smallest absolute Gasteiger partial charge is 0.381 e. The first-order chi connectivity index (χ1) is 28.6. The van der Waals surface area contributed by atoms with Gasteiger partial charge >= 0.3 is 5.76 Å². The molecule has 2 unspecified atom stereocenters. The molecule has 13 heteroatoms. The number of hydrogen-bond donors (Lipinski definition) is 1. The predicted molar refractivity (Wildman–Crippen MR) is 221 cm³/mol. The molecule has 2 atom stereocenters. The lowest BCUT2D eigenvalue weighted by molar-refractivity contribution is 0.0717. The van der Waals surface area contributed by atoms with Crippen molar-refractivity contribution in [2.75, 3.05) is 37.7 Å². The van der Waals surface area contributed by atoms with E-state index in [4.69, 9.17) is 14.2 Å². The second kappa shape index (κ2) is 14.5. The Morgan fingerprint density at radius 1 is 0.898 bits per heavy atom. The number of rotatable bonds is 7. The Labute approximate surface area is 340 Å². The van der Waals surface area contributed by atoms with Gasteiger partial charge in [-0.15, -0.1) is 0 Å². The van der Waals surface area contributed by atoms with Crippen molar-refractivity contribution in [2.45, 2.75) is 83.2 Å². The molecule has 12 nitrogen and oxygen atoms in total. The molecule has 1 N–H and O–H groups in total. The van der Waals surface area contributed by atoms with Crippen LogP contribution in [0.1, 0.15) is 101 Å². The minimum absolute atomic E-state index is 0.0649.